The highest BCUT2D eigenvalue weighted by Gasteiger charge is 2.50. The molecule has 3 aliphatic rings. The van der Waals surface area contributed by atoms with Crippen molar-refractivity contribution in [2.75, 3.05) is 6.54 Å². The molecular formula is C28H32N4O4. The summed E-state index contributed by atoms with van der Waals surface area (Å²) in [6.45, 7) is 9.67. The van der Waals surface area contributed by atoms with E-state index in [9.17, 15) is 19.2 Å². The number of benzene rings is 1. The van der Waals surface area contributed by atoms with E-state index in [-0.39, 0.29) is 47.6 Å². The van der Waals surface area contributed by atoms with E-state index in [0.717, 1.165) is 32.1 Å². The summed E-state index contributed by atoms with van der Waals surface area (Å²) in [5.74, 6) is -0.344. The van der Waals surface area contributed by atoms with Crippen molar-refractivity contribution in [3.05, 3.63) is 41.4 Å². The molecule has 1 saturated heterocycles. The Labute approximate surface area is 210 Å². The van der Waals surface area contributed by atoms with Crippen LogP contribution >= 0.6 is 0 Å². The molecular weight excluding hydrogens is 456 g/mol. The van der Waals surface area contributed by atoms with Crippen LogP contribution in [0.5, 0.6) is 0 Å². The molecule has 8 heteroatoms. The Hall–Kier alpha value is -3.47. The molecule has 1 aromatic carbocycles. The second-order valence-electron chi connectivity index (χ2n) is 10.5. The Morgan fingerprint density at radius 3 is 2.78 bits per heavy atom. The van der Waals surface area contributed by atoms with Gasteiger partial charge in [-0.25, -0.2) is 4.85 Å². The van der Waals surface area contributed by atoms with Gasteiger partial charge in [-0.1, -0.05) is 25.5 Å². The van der Waals surface area contributed by atoms with E-state index in [2.05, 4.69) is 15.1 Å². The number of carbonyl (C=O) groups is 4. The van der Waals surface area contributed by atoms with Crippen LogP contribution in [0.3, 0.4) is 0 Å². The minimum absolute atomic E-state index is 0.0580. The van der Waals surface area contributed by atoms with Crippen molar-refractivity contribution in [3.8, 4) is 0 Å². The first kappa shape index (κ1) is 24.2. The lowest BCUT2D eigenvalue weighted by Crippen LogP contribution is -2.53. The monoisotopic (exact) mass is 488 g/mol. The SMILES string of the molecule is [C-]#[N+]c1cccc2[nH]c(C(=O)N3C[C@@H]4CCC[C@@H]4[C@H]3C(=O)N[C@@H](C[C@@H]3CCCC3=O)C(=O)CC)cc12. The van der Waals surface area contributed by atoms with E-state index >= 15 is 0 Å². The van der Waals surface area contributed by atoms with Crippen molar-refractivity contribution >= 4 is 40.0 Å². The first-order valence-electron chi connectivity index (χ1n) is 13.1. The van der Waals surface area contributed by atoms with Gasteiger partial charge in [0.15, 0.2) is 11.5 Å². The molecule has 2 amide bonds. The fraction of sp³-hybridized carbons (Fsp3) is 0.536. The Balaban J connectivity index is 1.40. The summed E-state index contributed by atoms with van der Waals surface area (Å²) in [4.78, 5) is 60.7. The van der Waals surface area contributed by atoms with Crippen molar-refractivity contribution in [2.24, 2.45) is 17.8 Å². The number of nitrogens with one attached hydrogen (secondary N) is 2. The molecule has 1 aromatic heterocycles. The second-order valence-corrected chi connectivity index (χ2v) is 10.5. The van der Waals surface area contributed by atoms with Gasteiger partial charge < -0.3 is 15.2 Å². The van der Waals surface area contributed by atoms with Crippen molar-refractivity contribution in [1.29, 1.82) is 0 Å². The van der Waals surface area contributed by atoms with Crippen molar-refractivity contribution in [3.63, 3.8) is 0 Å². The molecule has 3 fully saturated rings. The Bertz CT molecular complexity index is 1260. The zero-order valence-electron chi connectivity index (χ0n) is 20.6. The molecule has 0 bridgehead atoms. The number of rotatable bonds is 7. The zero-order valence-corrected chi connectivity index (χ0v) is 20.6. The Morgan fingerprint density at radius 2 is 2.06 bits per heavy atom. The maximum atomic E-state index is 13.7. The molecule has 2 heterocycles. The number of hydrogen-bond acceptors (Lipinski definition) is 4. The van der Waals surface area contributed by atoms with Crippen molar-refractivity contribution < 1.29 is 19.2 Å². The zero-order chi connectivity index (χ0) is 25.4. The average Bonchev–Trinajstić information content (AvgIpc) is 3.66. The Morgan fingerprint density at radius 1 is 1.22 bits per heavy atom. The molecule has 36 heavy (non-hydrogen) atoms. The maximum Gasteiger partial charge on any atom is 0.270 e. The number of ketones is 2. The number of fused-ring (bicyclic) bond motifs is 2. The summed E-state index contributed by atoms with van der Waals surface area (Å²) in [6.07, 6.45) is 5.62. The van der Waals surface area contributed by atoms with Crippen molar-refractivity contribution in [1.82, 2.24) is 15.2 Å². The fourth-order valence-electron chi connectivity index (χ4n) is 6.55. The highest BCUT2D eigenvalue weighted by molar-refractivity contribution is 6.04. The van der Waals surface area contributed by atoms with Crippen molar-refractivity contribution in [2.45, 2.75) is 70.4 Å². The van der Waals surface area contributed by atoms with Crippen LogP contribution in [0.15, 0.2) is 24.3 Å². The van der Waals surface area contributed by atoms with Gasteiger partial charge in [0.1, 0.15) is 17.5 Å². The van der Waals surface area contributed by atoms with E-state index in [4.69, 9.17) is 6.57 Å². The van der Waals surface area contributed by atoms with Crippen LogP contribution in [0.1, 0.15) is 68.8 Å². The van der Waals surface area contributed by atoms with Crippen LogP contribution in [0.2, 0.25) is 0 Å². The molecule has 2 N–H and O–H groups in total. The molecule has 0 radical (unpaired) electrons. The average molecular weight is 489 g/mol. The number of nitrogens with zero attached hydrogens (tertiary/aromatic N) is 2. The minimum atomic E-state index is -0.707. The smallest absolute Gasteiger partial charge is 0.270 e. The predicted molar refractivity (Wildman–Crippen MR) is 134 cm³/mol. The topological polar surface area (TPSA) is 104 Å². The molecule has 2 aromatic rings. The van der Waals surface area contributed by atoms with Gasteiger partial charge >= 0.3 is 0 Å². The van der Waals surface area contributed by atoms with Crippen LogP contribution in [0.4, 0.5) is 5.69 Å². The van der Waals surface area contributed by atoms with E-state index in [0.29, 0.717) is 41.7 Å². The molecule has 0 unspecified atom stereocenters. The summed E-state index contributed by atoms with van der Waals surface area (Å²) in [5, 5.41) is 3.65. The lowest BCUT2D eigenvalue weighted by molar-refractivity contribution is -0.131. The van der Waals surface area contributed by atoms with Crippen LogP contribution in [-0.2, 0) is 14.4 Å². The number of aromatic nitrogens is 1. The summed E-state index contributed by atoms with van der Waals surface area (Å²) >= 11 is 0. The van der Waals surface area contributed by atoms with Crippen LogP contribution in [-0.4, -0.2) is 51.9 Å². The van der Waals surface area contributed by atoms with Crippen LogP contribution in [0.25, 0.3) is 15.7 Å². The lowest BCUT2D eigenvalue weighted by atomic mass is 9.91. The standard InChI is InChI=1S/C28H32N4O4/c1-3-24(33)22(13-16-7-5-12-25(16)34)31-27(35)26-18-9-4-8-17(18)15-32(26)28(36)23-14-19-20(29-2)10-6-11-21(19)30-23/h6,10-11,14,16-18,22,26,30H,3-5,7-9,12-13,15H2,1H3,(H,31,35)/t16-,17-,18-,22-,26-/m0/s1. The number of carbonyl (C=O) groups excluding carboxylic acids is 4. The largest absolute Gasteiger partial charge is 0.352 e. The number of aromatic amines is 1. The van der Waals surface area contributed by atoms with Crippen LogP contribution in [0, 0.1) is 24.3 Å². The van der Waals surface area contributed by atoms with E-state index in [1.165, 1.54) is 0 Å². The third kappa shape index (κ3) is 4.32. The number of amides is 2. The molecule has 2 saturated carbocycles. The molecule has 8 nitrogen and oxygen atoms in total. The highest BCUT2D eigenvalue weighted by atomic mass is 16.2. The maximum absolute atomic E-state index is 13.7. The molecule has 5 rings (SSSR count). The van der Waals surface area contributed by atoms with Gasteiger partial charge in [-0.2, -0.15) is 0 Å². The van der Waals surface area contributed by atoms with Gasteiger partial charge in [0, 0.05) is 36.2 Å². The number of likely N-dealkylation sites (tertiary alicyclic amines) is 1. The highest BCUT2D eigenvalue weighted by Crippen LogP contribution is 2.43. The molecule has 5 atom stereocenters. The number of Topliss-reactive ketones (excluding diaryl/α,β-unsaturated/α-hetero) is 2. The first-order valence-corrected chi connectivity index (χ1v) is 13.1. The minimum Gasteiger partial charge on any atom is -0.352 e. The van der Waals surface area contributed by atoms with E-state index in [1.54, 1.807) is 30.0 Å². The molecule has 0 spiro atoms. The van der Waals surface area contributed by atoms with E-state index < -0.39 is 12.1 Å². The normalized spacial score (nSPS) is 26.1. The van der Waals surface area contributed by atoms with E-state index in [1.807, 2.05) is 6.07 Å². The van der Waals surface area contributed by atoms with Crippen LogP contribution < -0.4 is 5.32 Å². The molecule has 2 aliphatic carbocycles. The third-order valence-electron chi connectivity index (χ3n) is 8.42. The molecule has 188 valence electrons. The predicted octanol–water partition coefficient (Wildman–Crippen LogP) is 4.18. The van der Waals surface area contributed by atoms with Gasteiger partial charge in [-0.05, 0) is 56.1 Å². The van der Waals surface area contributed by atoms with Gasteiger partial charge in [-0.15, -0.1) is 0 Å². The quantitative estimate of drug-likeness (QED) is 0.571. The third-order valence-corrected chi connectivity index (χ3v) is 8.42. The van der Waals surface area contributed by atoms with Gasteiger partial charge in [0.2, 0.25) is 5.91 Å². The first-order chi connectivity index (χ1) is 17.4. The number of hydrogen-bond donors (Lipinski definition) is 2. The molecule has 1 aliphatic heterocycles. The lowest BCUT2D eigenvalue weighted by Gasteiger charge is -2.29. The van der Waals surface area contributed by atoms with Gasteiger partial charge in [-0.3, -0.25) is 19.2 Å². The summed E-state index contributed by atoms with van der Waals surface area (Å²) in [5.41, 5.74) is 1.54. The summed E-state index contributed by atoms with van der Waals surface area (Å²) in [7, 11) is 0. The number of H-pyrrole nitrogens is 1. The second kappa shape index (κ2) is 9.88. The van der Waals surface area contributed by atoms with Gasteiger partial charge in [0.05, 0.1) is 12.6 Å². The fourth-order valence-corrected chi connectivity index (χ4v) is 6.55. The summed E-state index contributed by atoms with van der Waals surface area (Å²) in [6, 6.07) is 5.66. The van der Waals surface area contributed by atoms with Gasteiger partial charge in [0.25, 0.3) is 5.91 Å². The Kier molecular flexibility index (Phi) is 6.65. The summed E-state index contributed by atoms with van der Waals surface area (Å²) < 4.78 is 0.